The lowest BCUT2D eigenvalue weighted by Gasteiger charge is -2.31. The molecule has 0 spiro atoms. The highest BCUT2D eigenvalue weighted by Crippen LogP contribution is 2.32. The summed E-state index contributed by atoms with van der Waals surface area (Å²) in [5.41, 5.74) is 1.01. The minimum atomic E-state index is -0.925. The summed E-state index contributed by atoms with van der Waals surface area (Å²) in [5, 5.41) is 3.32. The highest BCUT2D eigenvalue weighted by atomic mass is 32.1. The smallest absolute Gasteiger partial charge is 0.231 e. The monoisotopic (exact) mass is 415 g/mol. The molecule has 1 N–H and O–H groups in total. The third-order valence-electron chi connectivity index (χ3n) is 4.85. The van der Waals surface area contributed by atoms with Crippen molar-refractivity contribution in [3.63, 3.8) is 0 Å². The summed E-state index contributed by atoms with van der Waals surface area (Å²) in [6.07, 6.45) is 5.01. The number of thiazole rings is 1. The molecule has 1 fully saturated rings. The summed E-state index contributed by atoms with van der Waals surface area (Å²) < 4.78 is 26.7. The molecule has 0 bridgehead atoms. The van der Waals surface area contributed by atoms with Gasteiger partial charge in [-0.05, 0) is 44.0 Å². The van der Waals surface area contributed by atoms with Crippen LogP contribution in [0.2, 0.25) is 0 Å². The number of piperidine rings is 1. The lowest BCUT2D eigenvalue weighted by molar-refractivity contribution is -0.120. The maximum atomic E-state index is 13.5. The number of amides is 1. The van der Waals surface area contributed by atoms with Gasteiger partial charge in [0.15, 0.2) is 16.8 Å². The van der Waals surface area contributed by atoms with Crippen molar-refractivity contribution < 1.29 is 13.6 Å². The summed E-state index contributed by atoms with van der Waals surface area (Å²) >= 11 is 1.31. The van der Waals surface area contributed by atoms with Crippen LogP contribution in [0.5, 0.6) is 0 Å². The van der Waals surface area contributed by atoms with E-state index in [9.17, 15) is 13.6 Å². The molecule has 3 heterocycles. The highest BCUT2D eigenvalue weighted by molar-refractivity contribution is 7.16. The van der Waals surface area contributed by atoms with Crippen LogP contribution in [-0.4, -0.2) is 33.9 Å². The molecular formula is C20H19F2N5OS. The van der Waals surface area contributed by atoms with Gasteiger partial charge in [0.25, 0.3) is 0 Å². The summed E-state index contributed by atoms with van der Waals surface area (Å²) in [6, 6.07) is 5.42. The predicted octanol–water partition coefficient (Wildman–Crippen LogP) is 4.04. The molecule has 4 rings (SSSR count). The first-order valence-electron chi connectivity index (χ1n) is 9.27. The Labute approximate surface area is 170 Å². The second-order valence-corrected chi connectivity index (χ2v) is 8.08. The Morgan fingerprint density at radius 3 is 2.79 bits per heavy atom. The quantitative estimate of drug-likeness (QED) is 0.696. The van der Waals surface area contributed by atoms with E-state index in [4.69, 9.17) is 0 Å². The van der Waals surface area contributed by atoms with E-state index < -0.39 is 11.6 Å². The third kappa shape index (κ3) is 4.24. The van der Waals surface area contributed by atoms with Gasteiger partial charge in [-0.15, -0.1) is 11.3 Å². The van der Waals surface area contributed by atoms with Crippen molar-refractivity contribution in [3.05, 3.63) is 53.2 Å². The van der Waals surface area contributed by atoms with Gasteiger partial charge in [0, 0.05) is 35.9 Å². The Hall–Kier alpha value is -2.94. The molecule has 0 radical (unpaired) electrons. The number of aromatic nitrogens is 3. The van der Waals surface area contributed by atoms with E-state index in [1.54, 1.807) is 18.5 Å². The van der Waals surface area contributed by atoms with Gasteiger partial charge in [0.1, 0.15) is 0 Å². The van der Waals surface area contributed by atoms with Crippen molar-refractivity contribution in [2.24, 2.45) is 5.92 Å². The van der Waals surface area contributed by atoms with Crippen LogP contribution in [-0.2, 0) is 4.79 Å². The summed E-state index contributed by atoms with van der Waals surface area (Å²) in [6.45, 7) is 3.18. The largest absolute Gasteiger partial charge is 0.340 e. The Bertz CT molecular complexity index is 1030. The molecule has 9 heteroatoms. The molecule has 1 aliphatic heterocycles. The number of hydrogen-bond acceptors (Lipinski definition) is 6. The van der Waals surface area contributed by atoms with Crippen molar-refractivity contribution in [1.82, 2.24) is 15.0 Å². The first kappa shape index (κ1) is 19.4. The fourth-order valence-corrected chi connectivity index (χ4v) is 4.23. The lowest BCUT2D eigenvalue weighted by Crippen LogP contribution is -2.41. The SMILES string of the molecule is Cc1sc(NC(=O)[C@H]2CCCN(c3ncccn3)C2)nc1-c1ccc(F)c(F)c1. The molecule has 1 saturated heterocycles. The zero-order chi connectivity index (χ0) is 20.4. The van der Waals surface area contributed by atoms with Crippen LogP contribution in [0.15, 0.2) is 36.7 Å². The topological polar surface area (TPSA) is 71.0 Å². The molecule has 29 heavy (non-hydrogen) atoms. The molecule has 1 atom stereocenters. The van der Waals surface area contributed by atoms with Crippen LogP contribution >= 0.6 is 11.3 Å². The predicted molar refractivity (Wildman–Crippen MR) is 108 cm³/mol. The van der Waals surface area contributed by atoms with Crippen LogP contribution in [0.1, 0.15) is 17.7 Å². The number of rotatable bonds is 4. The van der Waals surface area contributed by atoms with Gasteiger partial charge in [0.2, 0.25) is 11.9 Å². The van der Waals surface area contributed by atoms with E-state index in [1.165, 1.54) is 17.4 Å². The van der Waals surface area contributed by atoms with Gasteiger partial charge in [-0.3, -0.25) is 4.79 Å². The molecular weight excluding hydrogens is 396 g/mol. The number of anilines is 2. The Balaban J connectivity index is 1.46. The third-order valence-corrected chi connectivity index (χ3v) is 5.73. The molecule has 0 unspecified atom stereocenters. The normalized spacial score (nSPS) is 16.7. The molecule has 0 saturated carbocycles. The first-order chi connectivity index (χ1) is 14.0. The van der Waals surface area contributed by atoms with E-state index in [2.05, 4.69) is 20.3 Å². The fraction of sp³-hybridized carbons (Fsp3) is 0.300. The zero-order valence-electron chi connectivity index (χ0n) is 15.7. The number of nitrogens with one attached hydrogen (secondary N) is 1. The molecule has 3 aromatic rings. The molecule has 150 valence electrons. The number of carbonyl (C=O) groups excluding carboxylic acids is 1. The second kappa shape index (κ2) is 8.20. The summed E-state index contributed by atoms with van der Waals surface area (Å²) in [5.74, 6) is -1.53. The van der Waals surface area contributed by atoms with Crippen LogP contribution in [0, 0.1) is 24.5 Å². The van der Waals surface area contributed by atoms with Crippen molar-refractivity contribution in [2.75, 3.05) is 23.3 Å². The molecule has 2 aromatic heterocycles. The maximum Gasteiger partial charge on any atom is 0.231 e. The van der Waals surface area contributed by atoms with Gasteiger partial charge in [-0.25, -0.2) is 23.7 Å². The van der Waals surface area contributed by atoms with E-state index in [-0.39, 0.29) is 11.8 Å². The molecule has 1 aliphatic rings. The van der Waals surface area contributed by atoms with Crippen LogP contribution < -0.4 is 10.2 Å². The standard InChI is InChI=1S/C20H19F2N5OS/c1-12-17(13-5-6-15(21)16(22)10-13)25-20(29-12)26-18(28)14-4-2-9-27(11-14)19-23-7-3-8-24-19/h3,5-8,10,14H,2,4,9,11H2,1H3,(H,25,26,28)/t14-/m0/s1. The Morgan fingerprint density at radius 2 is 2.03 bits per heavy atom. The Kier molecular flexibility index (Phi) is 5.48. The highest BCUT2D eigenvalue weighted by Gasteiger charge is 2.28. The number of benzene rings is 1. The van der Waals surface area contributed by atoms with E-state index in [0.29, 0.717) is 28.9 Å². The van der Waals surface area contributed by atoms with Gasteiger partial charge in [0.05, 0.1) is 11.6 Å². The minimum Gasteiger partial charge on any atom is -0.340 e. The number of carbonyl (C=O) groups is 1. The number of halogens is 2. The first-order valence-corrected chi connectivity index (χ1v) is 10.1. The van der Waals surface area contributed by atoms with E-state index in [1.807, 2.05) is 11.8 Å². The van der Waals surface area contributed by atoms with Crippen molar-refractivity contribution >= 4 is 28.3 Å². The average Bonchev–Trinajstić information content (AvgIpc) is 3.10. The van der Waals surface area contributed by atoms with Crippen LogP contribution in [0.3, 0.4) is 0 Å². The van der Waals surface area contributed by atoms with Crippen LogP contribution in [0.4, 0.5) is 19.9 Å². The maximum absolute atomic E-state index is 13.5. The second-order valence-electron chi connectivity index (χ2n) is 6.88. The molecule has 6 nitrogen and oxygen atoms in total. The zero-order valence-corrected chi connectivity index (χ0v) is 16.5. The van der Waals surface area contributed by atoms with Gasteiger partial charge in [-0.1, -0.05) is 0 Å². The minimum absolute atomic E-state index is 0.115. The van der Waals surface area contributed by atoms with Crippen LogP contribution in [0.25, 0.3) is 11.3 Å². The van der Waals surface area contributed by atoms with E-state index in [0.717, 1.165) is 36.4 Å². The van der Waals surface area contributed by atoms with Gasteiger partial charge >= 0.3 is 0 Å². The van der Waals surface area contributed by atoms with Crippen molar-refractivity contribution in [3.8, 4) is 11.3 Å². The van der Waals surface area contributed by atoms with Crippen molar-refractivity contribution in [2.45, 2.75) is 19.8 Å². The number of aryl methyl sites for hydroxylation is 1. The van der Waals surface area contributed by atoms with Gasteiger partial charge < -0.3 is 10.2 Å². The summed E-state index contributed by atoms with van der Waals surface area (Å²) in [4.78, 5) is 28.5. The summed E-state index contributed by atoms with van der Waals surface area (Å²) in [7, 11) is 0. The van der Waals surface area contributed by atoms with Gasteiger partial charge in [-0.2, -0.15) is 0 Å². The number of nitrogens with zero attached hydrogens (tertiary/aromatic N) is 4. The average molecular weight is 415 g/mol. The number of hydrogen-bond donors (Lipinski definition) is 1. The Morgan fingerprint density at radius 1 is 1.24 bits per heavy atom. The fourth-order valence-electron chi connectivity index (χ4n) is 3.40. The molecule has 1 aromatic carbocycles. The molecule has 0 aliphatic carbocycles. The molecule has 1 amide bonds. The lowest BCUT2D eigenvalue weighted by atomic mass is 9.97. The van der Waals surface area contributed by atoms with E-state index >= 15 is 0 Å². The van der Waals surface area contributed by atoms with Crippen molar-refractivity contribution in [1.29, 1.82) is 0 Å².